The van der Waals surface area contributed by atoms with Crippen LogP contribution >= 0.6 is 0 Å². The number of hydrogen-bond donors (Lipinski definition) is 0. The molecule has 0 heterocycles. The van der Waals surface area contributed by atoms with Crippen molar-refractivity contribution in [2.24, 2.45) is 0 Å². The molecule has 0 unspecified atom stereocenters. The SMILES string of the molecule is [CH2]CCOc1ccccc1OC(C)C. The van der Waals surface area contributed by atoms with Crippen molar-refractivity contribution in [3.05, 3.63) is 31.2 Å². The first-order chi connectivity index (χ1) is 6.74. The van der Waals surface area contributed by atoms with Crippen molar-refractivity contribution in [2.45, 2.75) is 26.4 Å². The van der Waals surface area contributed by atoms with E-state index >= 15 is 0 Å². The highest BCUT2D eigenvalue weighted by molar-refractivity contribution is 5.39. The van der Waals surface area contributed by atoms with E-state index in [4.69, 9.17) is 9.47 Å². The number of ether oxygens (including phenoxy) is 2. The predicted molar refractivity (Wildman–Crippen MR) is 57.7 cm³/mol. The smallest absolute Gasteiger partial charge is 0.161 e. The fraction of sp³-hybridized carbons (Fsp3) is 0.417. The molecule has 0 aliphatic carbocycles. The fourth-order valence-corrected chi connectivity index (χ4v) is 1.10. The molecule has 1 radical (unpaired) electrons. The average molecular weight is 193 g/mol. The summed E-state index contributed by atoms with van der Waals surface area (Å²) in [5.74, 6) is 1.60. The van der Waals surface area contributed by atoms with Gasteiger partial charge in [0, 0.05) is 0 Å². The average Bonchev–Trinajstić information content (AvgIpc) is 2.16. The molecular weight excluding hydrogens is 176 g/mol. The Morgan fingerprint density at radius 3 is 2.43 bits per heavy atom. The van der Waals surface area contributed by atoms with E-state index in [0.717, 1.165) is 17.9 Å². The van der Waals surface area contributed by atoms with Crippen molar-refractivity contribution in [2.75, 3.05) is 6.61 Å². The summed E-state index contributed by atoms with van der Waals surface area (Å²) < 4.78 is 11.1. The summed E-state index contributed by atoms with van der Waals surface area (Å²) in [4.78, 5) is 0. The number of hydrogen-bond acceptors (Lipinski definition) is 2. The molecule has 0 fully saturated rings. The second-order valence-electron chi connectivity index (χ2n) is 3.32. The zero-order valence-electron chi connectivity index (χ0n) is 8.82. The Kier molecular flexibility index (Phi) is 4.30. The monoisotopic (exact) mass is 193 g/mol. The van der Waals surface area contributed by atoms with Gasteiger partial charge >= 0.3 is 0 Å². The number of rotatable bonds is 5. The fourth-order valence-electron chi connectivity index (χ4n) is 1.10. The summed E-state index contributed by atoms with van der Waals surface area (Å²) in [5.41, 5.74) is 0. The van der Waals surface area contributed by atoms with Crippen LogP contribution in [0.15, 0.2) is 24.3 Å². The van der Waals surface area contributed by atoms with Crippen LogP contribution < -0.4 is 9.47 Å². The third-order valence-corrected chi connectivity index (χ3v) is 1.61. The van der Waals surface area contributed by atoms with E-state index < -0.39 is 0 Å². The summed E-state index contributed by atoms with van der Waals surface area (Å²) >= 11 is 0. The first-order valence-corrected chi connectivity index (χ1v) is 4.91. The molecule has 77 valence electrons. The standard InChI is InChI=1S/C12H17O2/c1-4-9-13-11-7-5-6-8-12(11)14-10(2)3/h5-8,10H,1,4,9H2,2-3H3. The van der Waals surface area contributed by atoms with Gasteiger partial charge in [0.1, 0.15) is 0 Å². The lowest BCUT2D eigenvalue weighted by molar-refractivity contribution is 0.222. The second kappa shape index (κ2) is 5.53. The molecule has 0 saturated heterocycles. The first-order valence-electron chi connectivity index (χ1n) is 4.91. The van der Waals surface area contributed by atoms with Crippen LogP contribution in [0.1, 0.15) is 20.3 Å². The Morgan fingerprint density at radius 2 is 1.86 bits per heavy atom. The third kappa shape index (κ3) is 3.29. The second-order valence-corrected chi connectivity index (χ2v) is 3.32. The third-order valence-electron chi connectivity index (χ3n) is 1.61. The van der Waals surface area contributed by atoms with Crippen LogP contribution in [0.5, 0.6) is 11.5 Å². The van der Waals surface area contributed by atoms with Crippen LogP contribution in [0.25, 0.3) is 0 Å². The van der Waals surface area contributed by atoms with Crippen molar-refractivity contribution in [1.29, 1.82) is 0 Å². The van der Waals surface area contributed by atoms with Gasteiger partial charge in [-0.25, -0.2) is 0 Å². The maximum absolute atomic E-state index is 5.60. The lowest BCUT2D eigenvalue weighted by Gasteiger charge is -2.14. The number of para-hydroxylation sites is 2. The van der Waals surface area contributed by atoms with Gasteiger partial charge in [-0.15, -0.1) is 0 Å². The van der Waals surface area contributed by atoms with E-state index in [2.05, 4.69) is 6.92 Å². The lowest BCUT2D eigenvalue weighted by Crippen LogP contribution is -2.07. The molecule has 0 saturated carbocycles. The summed E-state index contributed by atoms with van der Waals surface area (Å²) in [7, 11) is 0. The van der Waals surface area contributed by atoms with E-state index in [-0.39, 0.29) is 6.10 Å². The molecule has 0 atom stereocenters. The molecule has 0 N–H and O–H groups in total. The molecule has 14 heavy (non-hydrogen) atoms. The van der Waals surface area contributed by atoms with Crippen molar-refractivity contribution in [1.82, 2.24) is 0 Å². The molecule has 0 amide bonds. The molecule has 0 aliphatic heterocycles. The Balaban J connectivity index is 2.69. The number of benzene rings is 1. The van der Waals surface area contributed by atoms with Crippen molar-refractivity contribution in [3.8, 4) is 11.5 Å². The molecule has 0 spiro atoms. The van der Waals surface area contributed by atoms with Crippen LogP contribution in [0.4, 0.5) is 0 Å². The van der Waals surface area contributed by atoms with E-state index in [0.29, 0.717) is 6.61 Å². The van der Waals surface area contributed by atoms with Gasteiger partial charge in [0.15, 0.2) is 11.5 Å². The van der Waals surface area contributed by atoms with Crippen LogP contribution in [0, 0.1) is 6.92 Å². The highest BCUT2D eigenvalue weighted by Crippen LogP contribution is 2.27. The van der Waals surface area contributed by atoms with E-state index in [1.807, 2.05) is 38.1 Å². The minimum atomic E-state index is 0.166. The molecule has 1 aromatic rings. The van der Waals surface area contributed by atoms with Gasteiger partial charge in [0.2, 0.25) is 0 Å². The van der Waals surface area contributed by atoms with Gasteiger partial charge in [0.05, 0.1) is 12.7 Å². The molecule has 0 bridgehead atoms. The lowest BCUT2D eigenvalue weighted by atomic mass is 10.3. The summed E-state index contributed by atoms with van der Waals surface area (Å²) in [6, 6.07) is 7.70. The summed E-state index contributed by atoms with van der Waals surface area (Å²) in [5, 5.41) is 0. The molecule has 1 aromatic carbocycles. The molecule has 2 nitrogen and oxygen atoms in total. The van der Waals surface area contributed by atoms with E-state index in [9.17, 15) is 0 Å². The van der Waals surface area contributed by atoms with Crippen LogP contribution in [0.3, 0.4) is 0 Å². The Hall–Kier alpha value is -1.18. The quantitative estimate of drug-likeness (QED) is 0.715. The van der Waals surface area contributed by atoms with Crippen LogP contribution in [0.2, 0.25) is 0 Å². The highest BCUT2D eigenvalue weighted by atomic mass is 16.5. The first kappa shape index (κ1) is 10.9. The van der Waals surface area contributed by atoms with Crippen molar-refractivity contribution >= 4 is 0 Å². The predicted octanol–water partition coefficient (Wildman–Crippen LogP) is 3.08. The van der Waals surface area contributed by atoms with Crippen molar-refractivity contribution < 1.29 is 9.47 Å². The van der Waals surface area contributed by atoms with Crippen LogP contribution in [-0.2, 0) is 0 Å². The summed E-state index contributed by atoms with van der Waals surface area (Å²) in [6.45, 7) is 8.35. The Morgan fingerprint density at radius 1 is 1.21 bits per heavy atom. The van der Waals surface area contributed by atoms with Gasteiger partial charge in [0.25, 0.3) is 0 Å². The van der Waals surface area contributed by atoms with Gasteiger partial charge in [-0.05, 0) is 39.3 Å². The van der Waals surface area contributed by atoms with E-state index in [1.165, 1.54) is 0 Å². The minimum absolute atomic E-state index is 0.166. The summed E-state index contributed by atoms with van der Waals surface area (Å²) in [6.07, 6.45) is 0.926. The Labute approximate surface area is 85.8 Å². The van der Waals surface area contributed by atoms with Gasteiger partial charge in [-0.3, -0.25) is 0 Å². The maximum Gasteiger partial charge on any atom is 0.161 e. The zero-order valence-corrected chi connectivity index (χ0v) is 8.82. The van der Waals surface area contributed by atoms with Gasteiger partial charge < -0.3 is 9.47 Å². The van der Waals surface area contributed by atoms with Gasteiger partial charge in [-0.2, -0.15) is 0 Å². The van der Waals surface area contributed by atoms with Crippen molar-refractivity contribution in [3.63, 3.8) is 0 Å². The highest BCUT2D eigenvalue weighted by Gasteiger charge is 2.04. The van der Waals surface area contributed by atoms with Gasteiger partial charge in [-0.1, -0.05) is 12.1 Å². The molecule has 1 rings (SSSR count). The molecular formula is C12H17O2. The maximum atomic E-state index is 5.60. The Bertz CT molecular complexity index is 269. The largest absolute Gasteiger partial charge is 0.490 e. The zero-order chi connectivity index (χ0) is 10.4. The molecule has 0 aliphatic rings. The normalized spacial score (nSPS) is 10.3. The molecule has 0 aromatic heterocycles. The van der Waals surface area contributed by atoms with E-state index in [1.54, 1.807) is 0 Å². The topological polar surface area (TPSA) is 18.5 Å². The van der Waals surface area contributed by atoms with Crippen LogP contribution in [-0.4, -0.2) is 12.7 Å². The minimum Gasteiger partial charge on any atom is -0.490 e. The molecule has 2 heteroatoms.